The molecule has 0 spiro atoms. The third-order valence-electron chi connectivity index (χ3n) is 4.38. The Morgan fingerprint density at radius 1 is 0.621 bits per heavy atom. The van der Waals surface area contributed by atoms with Crippen molar-refractivity contribution in [1.82, 2.24) is 0 Å². The van der Waals surface area contributed by atoms with Gasteiger partial charge in [0.2, 0.25) is 6.79 Å². The molecule has 1 heterocycles. The van der Waals surface area contributed by atoms with Gasteiger partial charge in [-0.25, -0.2) is 0 Å². The number of hydrogen-bond donors (Lipinski definition) is 0. The predicted molar refractivity (Wildman–Crippen MR) is 111 cm³/mol. The number of hydrogen-bond acceptors (Lipinski definition) is 4. The van der Waals surface area contributed by atoms with Gasteiger partial charge >= 0.3 is 0 Å². The molecule has 4 heteroatoms. The van der Waals surface area contributed by atoms with Gasteiger partial charge in [-0.1, -0.05) is 23.7 Å². The first kappa shape index (κ1) is 18.3. The molecule has 0 radical (unpaired) electrons. The maximum absolute atomic E-state index is 5.50. The lowest BCUT2D eigenvalue weighted by Crippen LogP contribution is -1.92. The van der Waals surface area contributed by atoms with E-state index in [0.29, 0.717) is 11.5 Å². The molecular formula is C25H18O4. The summed E-state index contributed by atoms with van der Waals surface area (Å²) in [6.45, 7) is 0.204. The van der Waals surface area contributed by atoms with Gasteiger partial charge in [-0.15, -0.1) is 0 Å². The average molecular weight is 382 g/mol. The van der Waals surface area contributed by atoms with Crippen molar-refractivity contribution in [1.29, 1.82) is 0 Å². The summed E-state index contributed by atoms with van der Waals surface area (Å²) in [5.74, 6) is 15.7. The SMILES string of the molecule is COc1ccc(C#Cc2cc3c(cc2C#Cc2ccc(OC)cc2)OCO3)cc1. The molecule has 0 atom stereocenters. The summed E-state index contributed by atoms with van der Waals surface area (Å²) in [5.41, 5.74) is 3.34. The van der Waals surface area contributed by atoms with Gasteiger partial charge in [0.1, 0.15) is 11.5 Å². The van der Waals surface area contributed by atoms with E-state index in [1.807, 2.05) is 60.7 Å². The molecule has 0 unspecified atom stereocenters. The number of ether oxygens (including phenoxy) is 4. The molecule has 4 rings (SSSR count). The Labute approximate surface area is 170 Å². The largest absolute Gasteiger partial charge is 0.497 e. The summed E-state index contributed by atoms with van der Waals surface area (Å²) in [5, 5.41) is 0. The maximum Gasteiger partial charge on any atom is 0.231 e. The molecule has 0 aromatic heterocycles. The molecule has 142 valence electrons. The summed E-state index contributed by atoms with van der Waals surface area (Å²) >= 11 is 0. The molecule has 0 saturated heterocycles. The van der Waals surface area contributed by atoms with Gasteiger partial charge in [0.05, 0.1) is 14.2 Å². The summed E-state index contributed by atoms with van der Waals surface area (Å²) in [4.78, 5) is 0. The van der Waals surface area contributed by atoms with Crippen LogP contribution in [0.2, 0.25) is 0 Å². The zero-order valence-corrected chi connectivity index (χ0v) is 16.1. The van der Waals surface area contributed by atoms with Crippen LogP contribution >= 0.6 is 0 Å². The van der Waals surface area contributed by atoms with E-state index in [9.17, 15) is 0 Å². The first-order valence-corrected chi connectivity index (χ1v) is 9.01. The second kappa shape index (κ2) is 8.33. The highest BCUT2D eigenvalue weighted by Crippen LogP contribution is 2.34. The average Bonchev–Trinajstić information content (AvgIpc) is 3.24. The van der Waals surface area contributed by atoms with Crippen molar-refractivity contribution >= 4 is 0 Å². The van der Waals surface area contributed by atoms with Crippen molar-refractivity contribution in [3.63, 3.8) is 0 Å². The summed E-state index contributed by atoms with van der Waals surface area (Å²) < 4.78 is 21.4. The molecular weight excluding hydrogens is 364 g/mol. The van der Waals surface area contributed by atoms with Crippen LogP contribution in [-0.4, -0.2) is 21.0 Å². The minimum atomic E-state index is 0.204. The normalized spacial score (nSPS) is 11.0. The lowest BCUT2D eigenvalue weighted by atomic mass is 10.1. The number of benzene rings is 3. The van der Waals surface area contributed by atoms with Gasteiger partial charge in [-0.3, -0.25) is 0 Å². The Morgan fingerprint density at radius 2 is 1.03 bits per heavy atom. The summed E-state index contributed by atoms with van der Waals surface area (Å²) in [7, 11) is 3.28. The van der Waals surface area contributed by atoms with Gasteiger partial charge in [-0.2, -0.15) is 0 Å². The fraction of sp³-hybridized carbons (Fsp3) is 0.120. The molecule has 4 nitrogen and oxygen atoms in total. The number of fused-ring (bicyclic) bond motifs is 1. The van der Waals surface area contributed by atoms with Gasteiger partial charge < -0.3 is 18.9 Å². The smallest absolute Gasteiger partial charge is 0.231 e. The van der Waals surface area contributed by atoms with Crippen LogP contribution in [0.25, 0.3) is 0 Å². The van der Waals surface area contributed by atoms with Crippen molar-refractivity contribution in [2.45, 2.75) is 0 Å². The second-order valence-electron chi connectivity index (χ2n) is 6.21. The Balaban J connectivity index is 1.68. The Bertz CT molecular complexity index is 1050. The molecule has 0 aliphatic carbocycles. The molecule has 0 bridgehead atoms. The van der Waals surface area contributed by atoms with Crippen molar-refractivity contribution in [2.24, 2.45) is 0 Å². The quantitative estimate of drug-likeness (QED) is 0.622. The van der Waals surface area contributed by atoms with Crippen LogP contribution < -0.4 is 18.9 Å². The highest BCUT2D eigenvalue weighted by atomic mass is 16.7. The van der Waals surface area contributed by atoms with Crippen molar-refractivity contribution < 1.29 is 18.9 Å². The highest BCUT2D eigenvalue weighted by Gasteiger charge is 2.15. The Morgan fingerprint density at radius 3 is 1.41 bits per heavy atom. The number of methoxy groups -OCH3 is 2. The lowest BCUT2D eigenvalue weighted by molar-refractivity contribution is 0.174. The first-order chi connectivity index (χ1) is 14.2. The fourth-order valence-electron chi connectivity index (χ4n) is 2.78. The molecule has 0 saturated carbocycles. The van der Waals surface area contributed by atoms with Crippen LogP contribution in [0.15, 0.2) is 60.7 Å². The van der Waals surface area contributed by atoms with Crippen LogP contribution in [0.3, 0.4) is 0 Å². The molecule has 0 amide bonds. The van der Waals surface area contributed by atoms with Crippen LogP contribution in [0.1, 0.15) is 22.3 Å². The van der Waals surface area contributed by atoms with Crippen molar-refractivity contribution in [3.8, 4) is 46.7 Å². The second-order valence-corrected chi connectivity index (χ2v) is 6.21. The molecule has 0 fully saturated rings. The first-order valence-electron chi connectivity index (χ1n) is 9.01. The monoisotopic (exact) mass is 382 g/mol. The lowest BCUT2D eigenvalue weighted by Gasteiger charge is -2.01. The van der Waals surface area contributed by atoms with Crippen LogP contribution in [0.4, 0.5) is 0 Å². The summed E-state index contributed by atoms with van der Waals surface area (Å²) in [6, 6.07) is 18.9. The van der Waals surface area contributed by atoms with Crippen LogP contribution in [-0.2, 0) is 0 Å². The molecule has 1 aliphatic heterocycles. The van der Waals surface area contributed by atoms with E-state index in [2.05, 4.69) is 23.7 Å². The van der Waals surface area contributed by atoms with Crippen LogP contribution in [0.5, 0.6) is 23.0 Å². The van der Waals surface area contributed by atoms with Crippen molar-refractivity contribution in [2.75, 3.05) is 21.0 Å². The zero-order chi connectivity index (χ0) is 20.1. The highest BCUT2D eigenvalue weighted by molar-refractivity contribution is 5.61. The molecule has 29 heavy (non-hydrogen) atoms. The minimum absolute atomic E-state index is 0.204. The van der Waals surface area contributed by atoms with E-state index in [1.54, 1.807) is 14.2 Å². The van der Waals surface area contributed by atoms with Gasteiger partial charge in [0, 0.05) is 34.4 Å². The third kappa shape index (κ3) is 4.29. The van der Waals surface area contributed by atoms with E-state index in [0.717, 1.165) is 33.8 Å². The van der Waals surface area contributed by atoms with E-state index >= 15 is 0 Å². The maximum atomic E-state index is 5.50. The topological polar surface area (TPSA) is 36.9 Å². The van der Waals surface area contributed by atoms with E-state index in [4.69, 9.17) is 18.9 Å². The standard InChI is InChI=1S/C25H18O4/c1-26-22-11-5-18(6-12-22)3-9-20-15-24-25(29-17-28-24)16-21(20)10-4-19-7-13-23(27-2)14-8-19/h5-8,11-16H,17H2,1-2H3. The summed E-state index contributed by atoms with van der Waals surface area (Å²) in [6.07, 6.45) is 0. The third-order valence-corrected chi connectivity index (χ3v) is 4.38. The molecule has 3 aromatic carbocycles. The fourth-order valence-corrected chi connectivity index (χ4v) is 2.78. The molecule has 0 N–H and O–H groups in total. The van der Waals surface area contributed by atoms with E-state index < -0.39 is 0 Å². The molecule has 3 aromatic rings. The number of rotatable bonds is 2. The minimum Gasteiger partial charge on any atom is -0.497 e. The van der Waals surface area contributed by atoms with Gasteiger partial charge in [-0.05, 0) is 48.5 Å². The van der Waals surface area contributed by atoms with Gasteiger partial charge in [0.25, 0.3) is 0 Å². The Hall–Kier alpha value is -4.02. The molecule has 1 aliphatic rings. The Kier molecular flexibility index (Phi) is 5.27. The van der Waals surface area contributed by atoms with E-state index in [1.165, 1.54) is 0 Å². The van der Waals surface area contributed by atoms with E-state index in [-0.39, 0.29) is 6.79 Å². The van der Waals surface area contributed by atoms with Gasteiger partial charge in [0.15, 0.2) is 11.5 Å². The van der Waals surface area contributed by atoms with Crippen molar-refractivity contribution in [3.05, 3.63) is 82.9 Å². The van der Waals surface area contributed by atoms with Crippen LogP contribution in [0, 0.1) is 23.7 Å². The zero-order valence-electron chi connectivity index (χ0n) is 16.1. The predicted octanol–water partition coefficient (Wildman–Crippen LogP) is 4.23.